The van der Waals surface area contributed by atoms with Crippen molar-refractivity contribution in [2.45, 2.75) is 25.0 Å². The van der Waals surface area contributed by atoms with Crippen LogP contribution >= 0.6 is 0 Å². The highest BCUT2D eigenvalue weighted by Gasteiger charge is 2.35. The van der Waals surface area contributed by atoms with Crippen molar-refractivity contribution in [3.63, 3.8) is 0 Å². The van der Waals surface area contributed by atoms with E-state index in [1.165, 1.54) is 0 Å². The minimum absolute atomic E-state index is 0.256. The molecule has 17 heavy (non-hydrogen) atoms. The topological polar surface area (TPSA) is 64.3 Å². The Balaban J connectivity index is 2.16. The Kier molecular flexibility index (Phi) is 2.22. The molecule has 0 bridgehead atoms. The molecule has 0 aromatic carbocycles. The maximum atomic E-state index is 11.8. The van der Waals surface area contributed by atoms with Gasteiger partial charge in [-0.05, 0) is 31.4 Å². The van der Waals surface area contributed by atoms with Gasteiger partial charge in [-0.1, -0.05) is 6.07 Å². The van der Waals surface area contributed by atoms with Gasteiger partial charge in [0.15, 0.2) is 21.3 Å². The molecular formula is C11H13N3O2S. The molecule has 1 fully saturated rings. The minimum Gasteiger partial charge on any atom is -0.228 e. The normalized spacial score (nSPS) is 23.2. The number of hydrogen-bond donors (Lipinski definition) is 0. The highest BCUT2D eigenvalue weighted by molar-refractivity contribution is 7.91. The molecule has 1 aliphatic rings. The number of sulfone groups is 1. The SMILES string of the molecule is Cc1cccn2nc(C3CCCS3(=O)=O)nc12. The molecule has 5 nitrogen and oxygen atoms in total. The molecule has 0 spiro atoms. The van der Waals surface area contributed by atoms with Gasteiger partial charge in [0.25, 0.3) is 0 Å². The molecule has 0 saturated carbocycles. The average molecular weight is 251 g/mol. The summed E-state index contributed by atoms with van der Waals surface area (Å²) in [4.78, 5) is 4.36. The highest BCUT2D eigenvalue weighted by Crippen LogP contribution is 2.32. The molecule has 1 atom stereocenters. The van der Waals surface area contributed by atoms with Crippen LogP contribution in [-0.4, -0.2) is 28.8 Å². The van der Waals surface area contributed by atoms with Crippen molar-refractivity contribution in [1.82, 2.24) is 14.6 Å². The quantitative estimate of drug-likeness (QED) is 0.766. The van der Waals surface area contributed by atoms with Gasteiger partial charge in [0.1, 0.15) is 5.25 Å². The molecule has 0 amide bonds. The minimum atomic E-state index is -3.04. The van der Waals surface area contributed by atoms with E-state index < -0.39 is 15.1 Å². The van der Waals surface area contributed by atoms with Crippen molar-refractivity contribution in [3.8, 4) is 0 Å². The van der Waals surface area contributed by atoms with E-state index in [9.17, 15) is 8.42 Å². The Labute approximate surface area is 99.4 Å². The van der Waals surface area contributed by atoms with E-state index in [2.05, 4.69) is 10.1 Å². The van der Waals surface area contributed by atoms with Crippen molar-refractivity contribution in [2.24, 2.45) is 0 Å². The highest BCUT2D eigenvalue weighted by atomic mass is 32.2. The molecule has 1 unspecified atom stereocenters. The molecule has 90 valence electrons. The standard InChI is InChI=1S/C11H13N3O2S/c1-8-4-2-6-14-11(8)12-10(13-14)9-5-3-7-17(9,15)16/h2,4,6,9H,3,5,7H2,1H3. The maximum Gasteiger partial charge on any atom is 0.169 e. The maximum absolute atomic E-state index is 11.8. The van der Waals surface area contributed by atoms with E-state index in [1.807, 2.05) is 19.1 Å². The zero-order chi connectivity index (χ0) is 12.0. The summed E-state index contributed by atoms with van der Waals surface area (Å²) < 4.78 is 25.3. The second-order valence-corrected chi connectivity index (χ2v) is 6.73. The number of nitrogens with zero attached hydrogens (tertiary/aromatic N) is 3. The van der Waals surface area contributed by atoms with Crippen molar-refractivity contribution in [3.05, 3.63) is 29.7 Å². The van der Waals surface area contributed by atoms with Gasteiger partial charge < -0.3 is 0 Å². The van der Waals surface area contributed by atoms with Crippen LogP contribution in [0.5, 0.6) is 0 Å². The molecule has 0 N–H and O–H groups in total. The summed E-state index contributed by atoms with van der Waals surface area (Å²) in [6.07, 6.45) is 3.14. The van der Waals surface area contributed by atoms with Crippen LogP contribution in [0.4, 0.5) is 0 Å². The number of rotatable bonds is 1. The summed E-state index contributed by atoms with van der Waals surface area (Å²) in [5, 5.41) is 3.77. The van der Waals surface area contributed by atoms with Gasteiger partial charge in [0.05, 0.1) is 5.75 Å². The lowest BCUT2D eigenvalue weighted by Crippen LogP contribution is -2.09. The van der Waals surface area contributed by atoms with Crippen LogP contribution in [-0.2, 0) is 9.84 Å². The molecule has 1 saturated heterocycles. The van der Waals surface area contributed by atoms with Crippen molar-refractivity contribution in [1.29, 1.82) is 0 Å². The van der Waals surface area contributed by atoms with Crippen LogP contribution in [0, 0.1) is 6.92 Å². The van der Waals surface area contributed by atoms with Crippen LogP contribution in [0.3, 0.4) is 0 Å². The first-order chi connectivity index (χ1) is 8.08. The van der Waals surface area contributed by atoms with Gasteiger partial charge in [-0.25, -0.2) is 17.9 Å². The summed E-state index contributed by atoms with van der Waals surface area (Å²) in [5.41, 5.74) is 1.74. The monoisotopic (exact) mass is 251 g/mol. The number of fused-ring (bicyclic) bond motifs is 1. The predicted molar refractivity (Wildman–Crippen MR) is 63.5 cm³/mol. The third kappa shape index (κ3) is 1.63. The molecular weight excluding hydrogens is 238 g/mol. The Hall–Kier alpha value is -1.43. The summed E-state index contributed by atoms with van der Waals surface area (Å²) in [5.74, 6) is 0.698. The fourth-order valence-corrected chi connectivity index (χ4v) is 4.07. The molecule has 6 heteroatoms. The Bertz CT molecular complexity index is 675. The zero-order valence-electron chi connectivity index (χ0n) is 9.50. The number of hydrogen-bond acceptors (Lipinski definition) is 4. The van der Waals surface area contributed by atoms with Crippen LogP contribution < -0.4 is 0 Å². The van der Waals surface area contributed by atoms with Gasteiger partial charge in [-0.2, -0.15) is 0 Å². The molecule has 1 aliphatic heterocycles. The van der Waals surface area contributed by atoms with Crippen LogP contribution in [0.2, 0.25) is 0 Å². The largest absolute Gasteiger partial charge is 0.228 e. The van der Waals surface area contributed by atoms with Gasteiger partial charge in [0.2, 0.25) is 0 Å². The summed E-state index contributed by atoms with van der Waals surface area (Å²) in [6.45, 7) is 1.94. The van der Waals surface area contributed by atoms with E-state index in [0.717, 1.165) is 11.2 Å². The second-order valence-electron chi connectivity index (χ2n) is 4.43. The van der Waals surface area contributed by atoms with Gasteiger partial charge >= 0.3 is 0 Å². The third-order valence-electron chi connectivity index (χ3n) is 3.19. The third-order valence-corrected chi connectivity index (χ3v) is 5.36. The Morgan fingerprint density at radius 1 is 1.47 bits per heavy atom. The summed E-state index contributed by atoms with van der Waals surface area (Å²) in [7, 11) is -3.04. The Morgan fingerprint density at radius 3 is 2.94 bits per heavy atom. The van der Waals surface area contributed by atoms with E-state index >= 15 is 0 Å². The molecule has 0 radical (unpaired) electrons. The lowest BCUT2D eigenvalue weighted by Gasteiger charge is -2.02. The first-order valence-electron chi connectivity index (χ1n) is 5.61. The van der Waals surface area contributed by atoms with Crippen LogP contribution in [0.25, 0.3) is 5.65 Å². The number of aryl methyl sites for hydroxylation is 1. The van der Waals surface area contributed by atoms with E-state index in [4.69, 9.17) is 0 Å². The van der Waals surface area contributed by atoms with Crippen LogP contribution in [0.1, 0.15) is 29.5 Å². The molecule has 3 rings (SSSR count). The number of pyridine rings is 1. The van der Waals surface area contributed by atoms with Crippen molar-refractivity contribution in [2.75, 3.05) is 5.75 Å². The summed E-state index contributed by atoms with van der Waals surface area (Å²) in [6, 6.07) is 3.82. The lowest BCUT2D eigenvalue weighted by molar-refractivity contribution is 0.588. The van der Waals surface area contributed by atoms with Crippen molar-refractivity contribution < 1.29 is 8.42 Å². The van der Waals surface area contributed by atoms with Gasteiger partial charge in [-0.15, -0.1) is 5.10 Å². The van der Waals surface area contributed by atoms with E-state index in [1.54, 1.807) is 10.7 Å². The van der Waals surface area contributed by atoms with Gasteiger partial charge in [-0.3, -0.25) is 0 Å². The fourth-order valence-electron chi connectivity index (χ4n) is 2.27. The smallest absolute Gasteiger partial charge is 0.169 e. The average Bonchev–Trinajstić information content (AvgIpc) is 2.81. The zero-order valence-corrected chi connectivity index (χ0v) is 10.3. The van der Waals surface area contributed by atoms with E-state index in [-0.39, 0.29) is 5.75 Å². The number of aromatic nitrogens is 3. The second kappa shape index (κ2) is 3.53. The first kappa shape index (κ1) is 10.7. The summed E-state index contributed by atoms with van der Waals surface area (Å²) >= 11 is 0. The molecule has 0 aliphatic carbocycles. The molecule has 2 aromatic heterocycles. The van der Waals surface area contributed by atoms with Crippen molar-refractivity contribution >= 4 is 15.5 Å². The van der Waals surface area contributed by atoms with Gasteiger partial charge in [0, 0.05) is 6.20 Å². The predicted octanol–water partition coefficient (Wildman–Crippen LogP) is 1.29. The fraction of sp³-hybridized carbons (Fsp3) is 0.455. The Morgan fingerprint density at radius 2 is 2.29 bits per heavy atom. The lowest BCUT2D eigenvalue weighted by atomic mass is 10.2. The molecule has 3 heterocycles. The van der Waals surface area contributed by atoms with E-state index in [0.29, 0.717) is 18.7 Å². The molecule has 2 aromatic rings. The van der Waals surface area contributed by atoms with Crippen LogP contribution in [0.15, 0.2) is 18.3 Å². The first-order valence-corrected chi connectivity index (χ1v) is 7.33.